The summed E-state index contributed by atoms with van der Waals surface area (Å²) in [7, 11) is 0. The van der Waals surface area contributed by atoms with Gasteiger partial charge in [0.25, 0.3) is 5.91 Å². The molecule has 2 heterocycles. The van der Waals surface area contributed by atoms with Crippen molar-refractivity contribution >= 4 is 33.7 Å². The number of halogens is 1. The van der Waals surface area contributed by atoms with Crippen molar-refractivity contribution in [1.29, 1.82) is 0 Å². The summed E-state index contributed by atoms with van der Waals surface area (Å²) in [6, 6.07) is 11.5. The second kappa shape index (κ2) is 6.34. The third kappa shape index (κ3) is 3.32. The van der Waals surface area contributed by atoms with Crippen molar-refractivity contribution in [3.63, 3.8) is 0 Å². The fraction of sp³-hybridized carbons (Fsp3) is 0.118. The summed E-state index contributed by atoms with van der Waals surface area (Å²) in [5.41, 5.74) is 6.42. The van der Waals surface area contributed by atoms with Crippen molar-refractivity contribution in [2.45, 2.75) is 13.8 Å². The maximum atomic E-state index is 12.4. The minimum absolute atomic E-state index is 0.285. The maximum absolute atomic E-state index is 12.4. The summed E-state index contributed by atoms with van der Waals surface area (Å²) in [6.07, 6.45) is 3.49. The molecule has 5 nitrogen and oxygen atoms in total. The molecule has 0 atom stereocenters. The van der Waals surface area contributed by atoms with E-state index in [0.29, 0.717) is 11.4 Å². The van der Waals surface area contributed by atoms with Crippen LogP contribution in [0.2, 0.25) is 0 Å². The van der Waals surface area contributed by atoms with Gasteiger partial charge in [0.1, 0.15) is 11.3 Å². The first-order chi connectivity index (χ1) is 11.0. The van der Waals surface area contributed by atoms with E-state index in [0.717, 1.165) is 21.2 Å². The molecule has 23 heavy (non-hydrogen) atoms. The Morgan fingerprint density at radius 3 is 2.91 bits per heavy atom. The number of rotatable bonds is 3. The van der Waals surface area contributed by atoms with Crippen LogP contribution in [0, 0.1) is 13.8 Å². The van der Waals surface area contributed by atoms with Crippen LogP contribution in [0.5, 0.6) is 0 Å². The van der Waals surface area contributed by atoms with E-state index in [1.165, 1.54) is 0 Å². The Kier molecular flexibility index (Phi) is 4.25. The Hall–Kier alpha value is -2.47. The van der Waals surface area contributed by atoms with Crippen LogP contribution in [-0.4, -0.2) is 21.5 Å². The number of nitrogens with zero attached hydrogens (tertiary/aromatic N) is 3. The number of nitrogens with one attached hydrogen (secondary N) is 1. The smallest absolute Gasteiger partial charge is 0.290 e. The second-order valence-corrected chi connectivity index (χ2v) is 6.15. The van der Waals surface area contributed by atoms with Gasteiger partial charge in [-0.15, -0.1) is 0 Å². The summed E-state index contributed by atoms with van der Waals surface area (Å²) >= 11 is 3.40. The van der Waals surface area contributed by atoms with E-state index in [1.807, 2.05) is 56.4 Å². The zero-order valence-corrected chi connectivity index (χ0v) is 14.3. The quantitative estimate of drug-likeness (QED) is 0.566. The van der Waals surface area contributed by atoms with E-state index >= 15 is 0 Å². The molecular formula is C17H15BrN4O. The predicted octanol–water partition coefficient (Wildman–Crippen LogP) is 3.48. The second-order valence-electron chi connectivity index (χ2n) is 5.23. The highest BCUT2D eigenvalue weighted by molar-refractivity contribution is 9.10. The number of hydrogen-bond donors (Lipinski definition) is 1. The molecule has 3 aromatic rings. The van der Waals surface area contributed by atoms with Crippen molar-refractivity contribution in [1.82, 2.24) is 14.8 Å². The van der Waals surface area contributed by atoms with Gasteiger partial charge in [-0.25, -0.2) is 10.4 Å². The zero-order valence-electron chi connectivity index (χ0n) is 12.7. The van der Waals surface area contributed by atoms with Gasteiger partial charge in [-0.3, -0.25) is 9.20 Å². The number of imidazole rings is 1. The van der Waals surface area contributed by atoms with Crippen LogP contribution < -0.4 is 5.43 Å². The predicted molar refractivity (Wildman–Crippen MR) is 93.9 cm³/mol. The molecule has 0 radical (unpaired) electrons. The van der Waals surface area contributed by atoms with Crippen LogP contribution in [0.15, 0.2) is 52.2 Å². The Balaban J connectivity index is 1.84. The first-order valence-corrected chi connectivity index (χ1v) is 7.88. The van der Waals surface area contributed by atoms with Crippen molar-refractivity contribution < 1.29 is 4.79 Å². The Morgan fingerprint density at radius 1 is 1.30 bits per heavy atom. The first-order valence-electron chi connectivity index (χ1n) is 7.09. The fourth-order valence-corrected chi connectivity index (χ4v) is 2.76. The van der Waals surface area contributed by atoms with Crippen molar-refractivity contribution in [3.8, 4) is 0 Å². The summed E-state index contributed by atoms with van der Waals surface area (Å²) in [5, 5.41) is 4.02. The van der Waals surface area contributed by atoms with E-state index in [4.69, 9.17) is 0 Å². The van der Waals surface area contributed by atoms with Crippen LogP contribution in [0.3, 0.4) is 0 Å². The Morgan fingerprint density at radius 2 is 2.13 bits per heavy atom. The molecule has 1 amide bonds. The molecule has 2 aromatic heterocycles. The van der Waals surface area contributed by atoms with Crippen molar-refractivity contribution in [3.05, 3.63) is 69.6 Å². The molecule has 0 aliphatic rings. The van der Waals surface area contributed by atoms with E-state index in [1.54, 1.807) is 10.6 Å². The number of amides is 1. The lowest BCUT2D eigenvalue weighted by molar-refractivity contribution is 0.0948. The van der Waals surface area contributed by atoms with Gasteiger partial charge in [-0.1, -0.05) is 34.1 Å². The van der Waals surface area contributed by atoms with Crippen molar-refractivity contribution in [2.75, 3.05) is 0 Å². The molecule has 0 bridgehead atoms. The molecule has 0 aliphatic heterocycles. The lowest BCUT2D eigenvalue weighted by Crippen LogP contribution is -2.20. The van der Waals surface area contributed by atoms with Gasteiger partial charge in [0.2, 0.25) is 0 Å². The average molecular weight is 371 g/mol. The fourth-order valence-electron chi connectivity index (χ4n) is 2.35. The number of hydrazone groups is 1. The Labute approximate surface area is 142 Å². The summed E-state index contributed by atoms with van der Waals surface area (Å²) in [5.74, 6) is -0.285. The highest BCUT2D eigenvalue weighted by Crippen LogP contribution is 2.13. The summed E-state index contributed by atoms with van der Waals surface area (Å²) < 4.78 is 2.75. The van der Waals surface area contributed by atoms with Crippen molar-refractivity contribution in [2.24, 2.45) is 5.10 Å². The van der Waals surface area contributed by atoms with Crippen LogP contribution in [0.25, 0.3) is 5.65 Å². The van der Waals surface area contributed by atoms with Gasteiger partial charge in [0.15, 0.2) is 0 Å². The number of aromatic nitrogens is 2. The number of pyridine rings is 1. The Bertz CT molecular complexity index is 914. The molecule has 0 fully saturated rings. The number of benzene rings is 1. The van der Waals surface area contributed by atoms with Gasteiger partial charge in [0.05, 0.1) is 11.9 Å². The third-order valence-corrected chi connectivity index (χ3v) is 3.88. The molecule has 0 spiro atoms. The molecule has 1 N–H and O–H groups in total. The molecule has 0 unspecified atom stereocenters. The van der Waals surface area contributed by atoms with E-state index in [-0.39, 0.29) is 5.91 Å². The van der Waals surface area contributed by atoms with Gasteiger partial charge in [-0.05, 0) is 43.2 Å². The highest BCUT2D eigenvalue weighted by Gasteiger charge is 2.15. The van der Waals surface area contributed by atoms with Crippen LogP contribution in [0.4, 0.5) is 0 Å². The lowest BCUT2D eigenvalue weighted by Gasteiger charge is -2.02. The summed E-state index contributed by atoms with van der Waals surface area (Å²) in [6.45, 7) is 3.79. The molecule has 3 rings (SSSR count). The monoisotopic (exact) mass is 370 g/mol. The topological polar surface area (TPSA) is 58.8 Å². The van der Waals surface area contributed by atoms with E-state index in [9.17, 15) is 4.79 Å². The maximum Gasteiger partial charge on any atom is 0.290 e. The van der Waals surface area contributed by atoms with Crippen LogP contribution in [0.1, 0.15) is 27.3 Å². The number of carbonyl (C=O) groups is 1. The number of fused-ring (bicyclic) bond motifs is 1. The molecule has 0 aliphatic carbocycles. The largest absolute Gasteiger partial charge is 0.295 e. The molecular weight excluding hydrogens is 356 g/mol. The van der Waals surface area contributed by atoms with Gasteiger partial charge in [-0.2, -0.15) is 5.10 Å². The van der Waals surface area contributed by atoms with Gasteiger partial charge >= 0.3 is 0 Å². The SMILES string of the molecule is Cc1ccc2nc(C)c(C(=O)N/N=C\c3cccc(Br)c3)n2c1. The molecule has 116 valence electrons. The lowest BCUT2D eigenvalue weighted by atomic mass is 10.2. The van der Waals surface area contributed by atoms with Crippen LogP contribution >= 0.6 is 15.9 Å². The zero-order chi connectivity index (χ0) is 16.4. The first kappa shape index (κ1) is 15.4. The molecule has 1 aromatic carbocycles. The molecule has 0 saturated carbocycles. The van der Waals surface area contributed by atoms with Gasteiger partial charge < -0.3 is 0 Å². The standard InChI is InChI=1S/C17H15BrN4O/c1-11-6-7-15-20-12(2)16(22(15)10-11)17(23)21-19-9-13-4-3-5-14(18)8-13/h3-10H,1-2H3,(H,21,23)/b19-9-. The van der Waals surface area contributed by atoms with Gasteiger partial charge in [0, 0.05) is 10.7 Å². The third-order valence-electron chi connectivity index (χ3n) is 3.38. The number of carbonyl (C=O) groups excluding carboxylic acids is 1. The number of hydrogen-bond acceptors (Lipinski definition) is 3. The minimum atomic E-state index is -0.285. The molecule has 6 heteroatoms. The summed E-state index contributed by atoms with van der Waals surface area (Å²) in [4.78, 5) is 16.8. The van der Waals surface area contributed by atoms with E-state index in [2.05, 4.69) is 31.4 Å². The minimum Gasteiger partial charge on any atom is -0.295 e. The number of aryl methyl sites for hydroxylation is 2. The van der Waals surface area contributed by atoms with E-state index < -0.39 is 0 Å². The normalized spacial score (nSPS) is 11.3. The molecule has 0 saturated heterocycles. The highest BCUT2D eigenvalue weighted by atomic mass is 79.9. The van der Waals surface area contributed by atoms with Crippen LogP contribution in [-0.2, 0) is 0 Å². The average Bonchev–Trinajstić information content (AvgIpc) is 2.82.